The number of aryl methyl sites for hydroxylation is 2. The molecule has 0 spiro atoms. The van der Waals surface area contributed by atoms with E-state index in [4.69, 9.17) is 9.90 Å². The lowest BCUT2D eigenvalue weighted by atomic mass is 9.80. The van der Waals surface area contributed by atoms with Gasteiger partial charge in [0.25, 0.3) is 0 Å². The van der Waals surface area contributed by atoms with Crippen LogP contribution in [0.15, 0.2) is 65.2 Å². The predicted octanol–water partition coefficient (Wildman–Crippen LogP) is 8.73. The lowest BCUT2D eigenvalue weighted by Crippen LogP contribution is -2.30. The first-order chi connectivity index (χ1) is 19.9. The van der Waals surface area contributed by atoms with Gasteiger partial charge in [0.2, 0.25) is 5.69 Å². The summed E-state index contributed by atoms with van der Waals surface area (Å²) in [6.45, 7) is 2.01. The Hall–Kier alpha value is -3.46. The Morgan fingerprint density at radius 3 is 2.43 bits per heavy atom. The van der Waals surface area contributed by atoms with E-state index >= 15 is 4.39 Å². The van der Waals surface area contributed by atoms with Crippen molar-refractivity contribution < 1.29 is 20.2 Å². The summed E-state index contributed by atoms with van der Waals surface area (Å²) in [5.74, 6) is -1.54. The second kappa shape index (κ2) is 8.83. The van der Waals surface area contributed by atoms with Gasteiger partial charge in [0.15, 0.2) is 6.20 Å². The number of hydrogen-bond donors (Lipinski definition) is 0. The molecule has 2 nitrogen and oxygen atoms in total. The van der Waals surface area contributed by atoms with E-state index in [9.17, 15) is 1.37 Å². The number of halogens is 1. The molecule has 2 aromatic heterocycles. The topological polar surface area (TPSA) is 17.0 Å². The van der Waals surface area contributed by atoms with Crippen LogP contribution in [0.1, 0.15) is 73.5 Å². The van der Waals surface area contributed by atoms with E-state index in [1.165, 1.54) is 6.07 Å². The third kappa shape index (κ3) is 3.54. The maximum Gasteiger partial charge on any atom is 0.216 e. The van der Waals surface area contributed by atoms with Crippen LogP contribution in [-0.4, -0.2) is 0 Å². The van der Waals surface area contributed by atoms with Crippen molar-refractivity contribution in [1.82, 2.24) is 0 Å². The molecule has 3 heteroatoms. The van der Waals surface area contributed by atoms with E-state index in [1.54, 1.807) is 18.2 Å². The van der Waals surface area contributed by atoms with Gasteiger partial charge in [-0.2, -0.15) is 0 Å². The molecule has 2 aliphatic rings. The van der Waals surface area contributed by atoms with Crippen LogP contribution in [0.4, 0.5) is 4.39 Å². The third-order valence-corrected chi connectivity index (χ3v) is 8.12. The van der Waals surface area contributed by atoms with Crippen LogP contribution in [0.2, 0.25) is 0 Å². The summed E-state index contributed by atoms with van der Waals surface area (Å²) in [5.41, 5.74) is 5.14. The van der Waals surface area contributed by atoms with Gasteiger partial charge in [-0.3, -0.25) is 0 Å². The minimum absolute atomic E-state index is 0.136. The van der Waals surface area contributed by atoms with Crippen molar-refractivity contribution in [2.24, 2.45) is 7.05 Å². The number of aromatic nitrogens is 1. The molecule has 0 bridgehead atoms. The Balaban J connectivity index is 1.55. The summed E-state index contributed by atoms with van der Waals surface area (Å²) in [4.78, 5) is 0. The fourth-order valence-electron chi connectivity index (χ4n) is 6.27. The number of pyridine rings is 1. The van der Waals surface area contributed by atoms with E-state index in [2.05, 4.69) is 0 Å². The molecule has 0 N–H and O–H groups in total. The molecule has 2 aliphatic carbocycles. The van der Waals surface area contributed by atoms with Gasteiger partial charge in [-0.1, -0.05) is 43.5 Å². The van der Waals surface area contributed by atoms with Crippen molar-refractivity contribution >= 4 is 21.9 Å². The number of nitrogens with zero attached hydrogens (tertiary/aromatic N) is 1. The summed E-state index contributed by atoms with van der Waals surface area (Å²) in [6.07, 6.45) is 1.56. The molecule has 37 heavy (non-hydrogen) atoms. The molecule has 0 atom stereocenters. The summed E-state index contributed by atoms with van der Waals surface area (Å²) in [6, 6.07) is 16.5. The van der Waals surface area contributed by atoms with E-state index in [1.807, 2.05) is 55.1 Å². The molecule has 0 aliphatic heterocycles. The standard InChI is InChI=1S/C34H33FNO/c1-21-14-15-27-28-18-19-29(35)32(34(28)37-33(27)31(21)30-13-6-7-20-36(30)2)26-17-16-23(22-9-4-3-5-10-22)24-11-8-12-25(24)26/h6-7,13-20,22H,3-5,8-12H2,1-2H3/q+1/i11D2,12D2,22D. The van der Waals surface area contributed by atoms with Crippen LogP contribution >= 0.6 is 0 Å². The summed E-state index contributed by atoms with van der Waals surface area (Å²) >= 11 is 0. The van der Waals surface area contributed by atoms with E-state index in [0.29, 0.717) is 40.5 Å². The Bertz CT molecular complexity index is 1900. The van der Waals surface area contributed by atoms with Crippen molar-refractivity contribution in [3.63, 3.8) is 0 Å². The highest BCUT2D eigenvalue weighted by atomic mass is 19.1. The van der Waals surface area contributed by atoms with Crippen LogP contribution in [0.3, 0.4) is 0 Å². The first-order valence-electron chi connectivity index (χ1n) is 15.7. The van der Waals surface area contributed by atoms with Gasteiger partial charge in [-0.25, -0.2) is 8.96 Å². The van der Waals surface area contributed by atoms with Gasteiger partial charge in [0.05, 0.1) is 11.1 Å². The van der Waals surface area contributed by atoms with Crippen molar-refractivity contribution in [2.45, 2.75) is 64.1 Å². The molecule has 0 amide bonds. The van der Waals surface area contributed by atoms with Crippen LogP contribution in [0.25, 0.3) is 44.3 Å². The smallest absolute Gasteiger partial charge is 0.216 e. The van der Waals surface area contributed by atoms with Gasteiger partial charge >= 0.3 is 0 Å². The summed E-state index contributed by atoms with van der Waals surface area (Å²) in [5, 5.41) is 1.54. The highest BCUT2D eigenvalue weighted by Gasteiger charge is 2.28. The third-order valence-electron chi connectivity index (χ3n) is 8.12. The largest absolute Gasteiger partial charge is 0.454 e. The molecule has 5 aromatic rings. The van der Waals surface area contributed by atoms with E-state index < -0.39 is 24.5 Å². The minimum atomic E-state index is -2.05. The zero-order chi connectivity index (χ0) is 29.6. The number of benzene rings is 3. The van der Waals surface area contributed by atoms with Crippen LogP contribution in [0, 0.1) is 12.7 Å². The first-order valence-corrected chi connectivity index (χ1v) is 13.2. The van der Waals surface area contributed by atoms with Crippen molar-refractivity contribution in [2.75, 3.05) is 0 Å². The number of furan rings is 1. The Morgan fingerprint density at radius 2 is 1.62 bits per heavy atom. The van der Waals surface area contributed by atoms with Crippen molar-refractivity contribution in [3.05, 3.63) is 88.9 Å². The Labute approximate surface area is 224 Å². The average molecular weight is 496 g/mol. The lowest BCUT2D eigenvalue weighted by Gasteiger charge is -2.25. The second-order valence-electron chi connectivity index (χ2n) is 10.3. The molecule has 0 saturated heterocycles. The van der Waals surface area contributed by atoms with Crippen LogP contribution in [0.5, 0.6) is 0 Å². The molecule has 2 heterocycles. The molecule has 1 saturated carbocycles. The monoisotopic (exact) mass is 495 g/mol. The van der Waals surface area contributed by atoms with E-state index in [0.717, 1.165) is 41.5 Å². The van der Waals surface area contributed by atoms with E-state index in [-0.39, 0.29) is 23.1 Å². The second-order valence-corrected chi connectivity index (χ2v) is 10.3. The van der Waals surface area contributed by atoms with Gasteiger partial charge in [-0.05, 0) is 90.8 Å². The van der Waals surface area contributed by atoms with Crippen molar-refractivity contribution in [3.8, 4) is 22.4 Å². The van der Waals surface area contributed by atoms with Gasteiger partial charge < -0.3 is 4.42 Å². The van der Waals surface area contributed by atoms with Crippen LogP contribution < -0.4 is 4.57 Å². The predicted molar refractivity (Wildman–Crippen MR) is 148 cm³/mol. The number of hydrogen-bond acceptors (Lipinski definition) is 1. The average Bonchev–Trinajstić information content (AvgIpc) is 3.40. The molecule has 3 aromatic carbocycles. The quantitative estimate of drug-likeness (QED) is 0.229. The molecule has 0 radical (unpaired) electrons. The fraction of sp³-hybridized carbons (Fsp3) is 0.324. The van der Waals surface area contributed by atoms with Gasteiger partial charge in [-0.15, -0.1) is 0 Å². The molecular weight excluding hydrogens is 457 g/mol. The lowest BCUT2D eigenvalue weighted by molar-refractivity contribution is -0.660. The normalized spacial score (nSPS) is 21.6. The zero-order valence-corrected chi connectivity index (χ0v) is 21.2. The van der Waals surface area contributed by atoms with Crippen LogP contribution in [-0.2, 0) is 19.8 Å². The number of fused-ring (bicyclic) bond motifs is 4. The zero-order valence-electron chi connectivity index (χ0n) is 26.2. The fourth-order valence-corrected chi connectivity index (χ4v) is 6.27. The first kappa shape index (κ1) is 17.9. The number of rotatable bonds is 3. The van der Waals surface area contributed by atoms with Crippen molar-refractivity contribution in [1.29, 1.82) is 0 Å². The molecule has 1 fully saturated rings. The minimum Gasteiger partial charge on any atom is -0.454 e. The maximum atomic E-state index is 16.0. The summed E-state index contributed by atoms with van der Waals surface area (Å²) in [7, 11) is 1.97. The molecule has 7 rings (SSSR count). The Morgan fingerprint density at radius 1 is 0.865 bits per heavy atom. The van der Waals surface area contributed by atoms with Gasteiger partial charge in [0, 0.05) is 29.8 Å². The molecular formula is C34H33FNO+. The maximum absolute atomic E-state index is 16.0. The highest BCUT2D eigenvalue weighted by Crippen LogP contribution is 2.46. The summed E-state index contributed by atoms with van der Waals surface area (Å²) < 4.78 is 69.8. The van der Waals surface area contributed by atoms with Gasteiger partial charge in [0.1, 0.15) is 24.0 Å². The molecule has 0 unspecified atom stereocenters. The molecule has 186 valence electrons. The Kier molecular flexibility index (Phi) is 4.27. The SMILES string of the molecule is [2H]C1([2H])CC([2H])([2H])c2c(C3([2H])CCCCC3)ccc(-c3c(F)ccc4c3oc3c(-c5cccc[n+]5C)c(C)ccc34)c21. The highest BCUT2D eigenvalue weighted by molar-refractivity contribution is 6.13.